The zero-order valence-electron chi connectivity index (χ0n) is 15.1. The summed E-state index contributed by atoms with van der Waals surface area (Å²) in [5.41, 5.74) is 3.79. The first-order valence-electron chi connectivity index (χ1n) is 8.02. The van der Waals surface area contributed by atoms with E-state index in [-0.39, 0.29) is 18.1 Å². The molecule has 0 bridgehead atoms. The highest BCUT2D eigenvalue weighted by Crippen LogP contribution is 2.29. The van der Waals surface area contributed by atoms with Crippen molar-refractivity contribution in [3.05, 3.63) is 53.6 Å². The van der Waals surface area contributed by atoms with Gasteiger partial charge in [0.2, 0.25) is 0 Å². The van der Waals surface area contributed by atoms with E-state index in [1.54, 1.807) is 31.2 Å². The first kappa shape index (κ1) is 20.6. The molecular weight excluding hydrogens is 372 g/mol. The van der Waals surface area contributed by atoms with Crippen LogP contribution in [0.2, 0.25) is 0 Å². The Labute approximate surface area is 160 Å². The predicted octanol–water partition coefficient (Wildman–Crippen LogP) is 3.09. The van der Waals surface area contributed by atoms with Gasteiger partial charge in [-0.15, -0.1) is 0 Å². The summed E-state index contributed by atoms with van der Waals surface area (Å²) in [5, 5.41) is 12.7. The first-order chi connectivity index (χ1) is 13.4. The van der Waals surface area contributed by atoms with Gasteiger partial charge in [-0.05, 0) is 49.4 Å². The fourth-order valence-electron chi connectivity index (χ4n) is 2.10. The van der Waals surface area contributed by atoms with E-state index in [1.165, 1.54) is 25.3 Å². The van der Waals surface area contributed by atoms with E-state index in [9.17, 15) is 13.6 Å². The smallest absolute Gasteiger partial charge is 0.387 e. The van der Waals surface area contributed by atoms with E-state index in [4.69, 9.17) is 14.7 Å². The third-order valence-corrected chi connectivity index (χ3v) is 3.50. The van der Waals surface area contributed by atoms with Crippen LogP contribution in [0.4, 0.5) is 8.78 Å². The van der Waals surface area contributed by atoms with Crippen LogP contribution in [0.25, 0.3) is 0 Å². The van der Waals surface area contributed by atoms with E-state index in [2.05, 4.69) is 15.3 Å². The zero-order valence-corrected chi connectivity index (χ0v) is 15.1. The number of nitriles is 1. The van der Waals surface area contributed by atoms with Crippen molar-refractivity contribution >= 4 is 11.6 Å². The molecule has 0 heterocycles. The number of nitrogens with one attached hydrogen (secondary N) is 1. The Morgan fingerprint density at radius 2 is 1.93 bits per heavy atom. The summed E-state index contributed by atoms with van der Waals surface area (Å²) in [6.07, 6.45) is 0. The Morgan fingerprint density at radius 1 is 1.21 bits per heavy atom. The van der Waals surface area contributed by atoms with Crippen LogP contribution < -0.4 is 19.6 Å². The van der Waals surface area contributed by atoms with Crippen LogP contribution in [0.15, 0.2) is 47.6 Å². The largest absolute Gasteiger partial charge is 0.493 e. The topological polar surface area (TPSA) is 92.9 Å². The molecule has 1 amide bonds. The molecule has 0 atom stereocenters. The molecule has 0 saturated carbocycles. The number of nitrogens with zero attached hydrogens (tertiary/aromatic N) is 2. The number of carbonyl (C=O) groups is 1. The molecule has 2 aromatic carbocycles. The van der Waals surface area contributed by atoms with Crippen molar-refractivity contribution in [2.24, 2.45) is 5.10 Å². The second-order valence-corrected chi connectivity index (χ2v) is 5.40. The third kappa shape index (κ3) is 5.95. The van der Waals surface area contributed by atoms with Gasteiger partial charge in [0, 0.05) is 5.56 Å². The quantitative estimate of drug-likeness (QED) is 0.553. The summed E-state index contributed by atoms with van der Waals surface area (Å²) in [6, 6.07) is 12.6. The Kier molecular flexibility index (Phi) is 7.28. The maximum absolute atomic E-state index is 12.4. The summed E-state index contributed by atoms with van der Waals surface area (Å²) >= 11 is 0. The van der Waals surface area contributed by atoms with Crippen molar-refractivity contribution in [1.82, 2.24) is 5.43 Å². The summed E-state index contributed by atoms with van der Waals surface area (Å²) in [6.45, 7) is -1.61. The molecule has 0 saturated heterocycles. The number of hydrazone groups is 1. The Morgan fingerprint density at radius 3 is 2.54 bits per heavy atom. The van der Waals surface area contributed by atoms with Gasteiger partial charge < -0.3 is 14.2 Å². The fourth-order valence-corrected chi connectivity index (χ4v) is 2.10. The lowest BCUT2D eigenvalue weighted by Gasteiger charge is -2.11. The Balaban J connectivity index is 1.95. The molecule has 9 heteroatoms. The second-order valence-electron chi connectivity index (χ2n) is 5.40. The lowest BCUT2D eigenvalue weighted by atomic mass is 10.1. The maximum Gasteiger partial charge on any atom is 0.387 e. The van der Waals surface area contributed by atoms with Crippen LogP contribution in [-0.2, 0) is 4.79 Å². The summed E-state index contributed by atoms with van der Waals surface area (Å²) in [7, 11) is 1.33. The van der Waals surface area contributed by atoms with Gasteiger partial charge in [-0.1, -0.05) is 0 Å². The number of alkyl halides is 2. The SMILES string of the molecule is COc1cc(/C(C)=N\NC(=O)COc2ccc(C#N)cc2)ccc1OC(F)F. The van der Waals surface area contributed by atoms with Crippen LogP contribution in [0.1, 0.15) is 18.1 Å². The fraction of sp³-hybridized carbons (Fsp3) is 0.211. The molecule has 2 rings (SSSR count). The van der Waals surface area contributed by atoms with Crippen LogP contribution in [-0.4, -0.2) is 31.9 Å². The molecule has 0 unspecified atom stereocenters. The first-order valence-corrected chi connectivity index (χ1v) is 8.02. The van der Waals surface area contributed by atoms with Crippen molar-refractivity contribution in [3.63, 3.8) is 0 Å². The van der Waals surface area contributed by atoms with Gasteiger partial charge in [-0.3, -0.25) is 4.79 Å². The number of rotatable bonds is 8. The number of ether oxygens (including phenoxy) is 3. The number of hydrogen-bond acceptors (Lipinski definition) is 6. The molecule has 2 aromatic rings. The Hall–Kier alpha value is -3.67. The maximum atomic E-state index is 12.4. The molecular formula is C19H17F2N3O4. The highest BCUT2D eigenvalue weighted by atomic mass is 19.3. The predicted molar refractivity (Wildman–Crippen MR) is 96.6 cm³/mol. The normalized spacial score (nSPS) is 10.9. The minimum absolute atomic E-state index is 0.103. The van der Waals surface area contributed by atoms with Crippen LogP contribution >= 0.6 is 0 Å². The minimum atomic E-state index is -2.97. The number of methoxy groups -OCH3 is 1. The highest BCUT2D eigenvalue weighted by Gasteiger charge is 2.12. The van der Waals surface area contributed by atoms with Crippen LogP contribution in [0.5, 0.6) is 17.2 Å². The average Bonchev–Trinajstić information content (AvgIpc) is 2.70. The summed E-state index contributed by atoms with van der Waals surface area (Å²) < 4.78 is 39.4. The van der Waals surface area contributed by atoms with Crippen molar-refractivity contribution < 1.29 is 27.8 Å². The Bertz CT molecular complexity index is 893. The monoisotopic (exact) mass is 389 g/mol. The molecule has 7 nitrogen and oxygen atoms in total. The standard InChI is InChI=1S/C19H17F2N3O4/c1-12(14-5-8-16(28-19(20)21)17(9-14)26-2)23-24-18(25)11-27-15-6-3-13(10-22)4-7-15/h3-9,19H,11H2,1-2H3,(H,24,25)/b23-12-. The lowest BCUT2D eigenvalue weighted by molar-refractivity contribution is -0.123. The molecule has 0 aromatic heterocycles. The van der Waals surface area contributed by atoms with Gasteiger partial charge in [-0.25, -0.2) is 5.43 Å². The average molecular weight is 389 g/mol. The number of halogens is 2. The second kappa shape index (κ2) is 9.87. The van der Waals surface area contributed by atoms with Gasteiger partial charge in [0.25, 0.3) is 5.91 Å². The van der Waals surface area contributed by atoms with Gasteiger partial charge in [-0.2, -0.15) is 19.1 Å². The molecule has 0 radical (unpaired) electrons. The number of carbonyl (C=O) groups excluding carboxylic acids is 1. The van der Waals surface area contributed by atoms with E-state index in [0.29, 0.717) is 22.6 Å². The van der Waals surface area contributed by atoms with E-state index < -0.39 is 12.5 Å². The van der Waals surface area contributed by atoms with Crippen molar-refractivity contribution in [2.75, 3.05) is 13.7 Å². The van der Waals surface area contributed by atoms with Gasteiger partial charge >= 0.3 is 6.61 Å². The number of benzene rings is 2. The molecule has 0 aliphatic rings. The van der Waals surface area contributed by atoms with E-state index >= 15 is 0 Å². The number of amides is 1. The van der Waals surface area contributed by atoms with Gasteiger partial charge in [0.05, 0.1) is 24.5 Å². The van der Waals surface area contributed by atoms with Crippen molar-refractivity contribution in [1.29, 1.82) is 5.26 Å². The summed E-state index contributed by atoms with van der Waals surface area (Å²) in [4.78, 5) is 11.9. The molecule has 1 N–H and O–H groups in total. The molecule has 0 aliphatic heterocycles. The third-order valence-electron chi connectivity index (χ3n) is 3.50. The molecule has 146 valence electrons. The summed E-state index contributed by atoms with van der Waals surface area (Å²) in [5.74, 6) is -0.0423. The van der Waals surface area contributed by atoms with Gasteiger partial charge in [0.15, 0.2) is 18.1 Å². The lowest BCUT2D eigenvalue weighted by Crippen LogP contribution is -2.25. The molecule has 0 fully saturated rings. The van der Waals surface area contributed by atoms with Gasteiger partial charge in [0.1, 0.15) is 5.75 Å². The minimum Gasteiger partial charge on any atom is -0.493 e. The van der Waals surface area contributed by atoms with Crippen LogP contribution in [0.3, 0.4) is 0 Å². The van der Waals surface area contributed by atoms with Crippen molar-refractivity contribution in [2.45, 2.75) is 13.5 Å². The molecule has 0 aliphatic carbocycles. The van der Waals surface area contributed by atoms with E-state index in [1.807, 2.05) is 6.07 Å². The molecule has 0 spiro atoms. The number of hydrogen-bond donors (Lipinski definition) is 1. The van der Waals surface area contributed by atoms with Crippen molar-refractivity contribution in [3.8, 4) is 23.3 Å². The molecule has 28 heavy (non-hydrogen) atoms. The van der Waals surface area contributed by atoms with Crippen LogP contribution in [0, 0.1) is 11.3 Å². The van der Waals surface area contributed by atoms with E-state index in [0.717, 1.165) is 0 Å². The highest BCUT2D eigenvalue weighted by molar-refractivity contribution is 5.99. The zero-order chi connectivity index (χ0) is 20.5.